The Morgan fingerprint density at radius 2 is 2.30 bits per heavy atom. The van der Waals surface area contributed by atoms with Crippen molar-refractivity contribution in [2.24, 2.45) is 5.73 Å². The molecule has 0 spiro atoms. The van der Waals surface area contributed by atoms with Crippen LogP contribution in [0, 0.1) is 10.1 Å². The number of benzene rings is 1. The topological polar surface area (TPSA) is 129 Å². The molecule has 0 unspecified atom stereocenters. The SMILES string of the molecule is NCC(=O)NCc1cn(-c2cccc([N+](=O)[O-])c2)nn1. The van der Waals surface area contributed by atoms with Crippen LogP contribution in [0.2, 0.25) is 0 Å². The highest BCUT2D eigenvalue weighted by molar-refractivity contribution is 5.77. The van der Waals surface area contributed by atoms with Crippen molar-refractivity contribution in [3.05, 3.63) is 46.3 Å². The summed E-state index contributed by atoms with van der Waals surface area (Å²) in [6, 6.07) is 6.01. The Morgan fingerprint density at radius 1 is 1.50 bits per heavy atom. The molecule has 0 aliphatic carbocycles. The van der Waals surface area contributed by atoms with E-state index in [0.29, 0.717) is 11.4 Å². The molecule has 0 bridgehead atoms. The van der Waals surface area contributed by atoms with Crippen molar-refractivity contribution in [3.8, 4) is 5.69 Å². The van der Waals surface area contributed by atoms with Crippen LogP contribution in [-0.4, -0.2) is 32.4 Å². The first kappa shape index (κ1) is 13.6. The van der Waals surface area contributed by atoms with Crippen molar-refractivity contribution in [1.29, 1.82) is 0 Å². The Morgan fingerprint density at radius 3 is 3.00 bits per heavy atom. The molecule has 9 heteroatoms. The zero-order valence-electron chi connectivity index (χ0n) is 10.4. The Kier molecular flexibility index (Phi) is 4.01. The van der Waals surface area contributed by atoms with Crippen molar-refractivity contribution in [3.63, 3.8) is 0 Å². The van der Waals surface area contributed by atoms with Gasteiger partial charge in [0.2, 0.25) is 5.91 Å². The summed E-state index contributed by atoms with van der Waals surface area (Å²) in [4.78, 5) is 21.2. The lowest BCUT2D eigenvalue weighted by atomic mass is 10.3. The molecule has 0 aliphatic rings. The van der Waals surface area contributed by atoms with Gasteiger partial charge in [0.25, 0.3) is 5.69 Å². The van der Waals surface area contributed by atoms with Crippen LogP contribution in [-0.2, 0) is 11.3 Å². The van der Waals surface area contributed by atoms with Gasteiger partial charge in [0, 0.05) is 12.1 Å². The van der Waals surface area contributed by atoms with Gasteiger partial charge in [-0.2, -0.15) is 0 Å². The highest BCUT2D eigenvalue weighted by Gasteiger charge is 2.09. The van der Waals surface area contributed by atoms with E-state index in [2.05, 4.69) is 15.6 Å². The number of carbonyl (C=O) groups is 1. The predicted octanol–water partition coefficient (Wildman–Crippen LogP) is -0.250. The van der Waals surface area contributed by atoms with Gasteiger partial charge in [-0.25, -0.2) is 4.68 Å². The minimum absolute atomic E-state index is 0.0315. The monoisotopic (exact) mass is 276 g/mol. The van der Waals surface area contributed by atoms with Gasteiger partial charge in [0.1, 0.15) is 5.69 Å². The fourth-order valence-corrected chi connectivity index (χ4v) is 1.52. The van der Waals surface area contributed by atoms with Crippen LogP contribution in [0.4, 0.5) is 5.69 Å². The van der Waals surface area contributed by atoms with Crippen LogP contribution in [0.3, 0.4) is 0 Å². The second kappa shape index (κ2) is 5.89. The quantitative estimate of drug-likeness (QED) is 0.572. The van der Waals surface area contributed by atoms with Crippen LogP contribution in [0.25, 0.3) is 5.69 Å². The molecular formula is C11H12N6O3. The van der Waals surface area contributed by atoms with E-state index in [0.717, 1.165) is 0 Å². The summed E-state index contributed by atoms with van der Waals surface area (Å²) in [7, 11) is 0. The van der Waals surface area contributed by atoms with Crippen molar-refractivity contribution < 1.29 is 9.72 Å². The molecule has 0 saturated carbocycles. The largest absolute Gasteiger partial charge is 0.349 e. The Balaban J connectivity index is 2.14. The zero-order valence-corrected chi connectivity index (χ0v) is 10.4. The lowest BCUT2D eigenvalue weighted by Gasteiger charge is -2.00. The third-order valence-corrected chi connectivity index (χ3v) is 2.50. The Hall–Kier alpha value is -2.81. The first-order valence-corrected chi connectivity index (χ1v) is 5.73. The van der Waals surface area contributed by atoms with E-state index in [9.17, 15) is 14.9 Å². The van der Waals surface area contributed by atoms with E-state index in [-0.39, 0.29) is 24.7 Å². The lowest BCUT2D eigenvalue weighted by Crippen LogP contribution is -2.29. The molecule has 1 heterocycles. The van der Waals surface area contributed by atoms with Crippen molar-refractivity contribution >= 4 is 11.6 Å². The Labute approximate surface area is 113 Å². The van der Waals surface area contributed by atoms with Crippen molar-refractivity contribution in [1.82, 2.24) is 20.3 Å². The summed E-state index contributed by atoms with van der Waals surface area (Å²) in [6.45, 7) is 0.101. The third kappa shape index (κ3) is 3.14. The number of aromatic nitrogens is 3. The van der Waals surface area contributed by atoms with E-state index in [1.54, 1.807) is 18.3 Å². The maximum atomic E-state index is 11.0. The molecule has 1 amide bonds. The smallest absolute Gasteiger partial charge is 0.271 e. The van der Waals surface area contributed by atoms with Crippen molar-refractivity contribution in [2.75, 3.05) is 6.54 Å². The number of nitrogens with zero attached hydrogens (tertiary/aromatic N) is 4. The molecule has 104 valence electrons. The van der Waals surface area contributed by atoms with Gasteiger partial charge in [-0.05, 0) is 6.07 Å². The van der Waals surface area contributed by atoms with E-state index in [1.807, 2.05) is 0 Å². The van der Waals surface area contributed by atoms with E-state index in [1.165, 1.54) is 16.8 Å². The molecule has 1 aromatic carbocycles. The maximum Gasteiger partial charge on any atom is 0.271 e. The first-order valence-electron chi connectivity index (χ1n) is 5.73. The highest BCUT2D eigenvalue weighted by Crippen LogP contribution is 2.15. The third-order valence-electron chi connectivity index (χ3n) is 2.50. The number of hydrogen-bond donors (Lipinski definition) is 2. The summed E-state index contributed by atoms with van der Waals surface area (Å²) in [5, 5.41) is 21.0. The predicted molar refractivity (Wildman–Crippen MR) is 68.9 cm³/mol. The second-order valence-electron chi connectivity index (χ2n) is 3.91. The number of non-ortho nitro benzene ring substituents is 1. The zero-order chi connectivity index (χ0) is 14.5. The molecule has 0 radical (unpaired) electrons. The van der Waals surface area contributed by atoms with E-state index in [4.69, 9.17) is 5.73 Å². The molecule has 0 fully saturated rings. The summed E-state index contributed by atoms with van der Waals surface area (Å²) < 4.78 is 1.40. The van der Waals surface area contributed by atoms with Gasteiger partial charge in [0.05, 0.1) is 29.9 Å². The number of amides is 1. The standard InChI is InChI=1S/C11H12N6O3/c12-5-11(18)13-6-8-7-16(15-14-8)9-2-1-3-10(4-9)17(19)20/h1-4,7H,5-6,12H2,(H,13,18). The molecule has 1 aromatic heterocycles. The van der Waals surface area contributed by atoms with Crippen molar-refractivity contribution in [2.45, 2.75) is 6.54 Å². The minimum Gasteiger partial charge on any atom is -0.349 e. The normalized spacial score (nSPS) is 10.2. The molecule has 3 N–H and O–H groups in total. The summed E-state index contributed by atoms with van der Waals surface area (Å²) in [5.41, 5.74) is 6.17. The fraction of sp³-hybridized carbons (Fsp3) is 0.182. The van der Waals surface area contributed by atoms with Gasteiger partial charge in [-0.1, -0.05) is 11.3 Å². The Bertz CT molecular complexity index is 639. The van der Waals surface area contributed by atoms with Crippen LogP contribution < -0.4 is 11.1 Å². The van der Waals surface area contributed by atoms with E-state index < -0.39 is 4.92 Å². The van der Waals surface area contributed by atoms with Gasteiger partial charge in [0.15, 0.2) is 0 Å². The summed E-state index contributed by atoms with van der Waals surface area (Å²) >= 11 is 0. The molecular weight excluding hydrogens is 264 g/mol. The van der Waals surface area contributed by atoms with Gasteiger partial charge < -0.3 is 11.1 Å². The second-order valence-corrected chi connectivity index (χ2v) is 3.91. The van der Waals surface area contributed by atoms with Gasteiger partial charge in [-0.15, -0.1) is 5.10 Å². The number of nitro groups is 1. The summed E-state index contributed by atoms with van der Waals surface area (Å²) in [6.07, 6.45) is 1.58. The number of nitrogens with two attached hydrogens (primary N) is 1. The molecule has 0 aliphatic heterocycles. The number of carbonyl (C=O) groups excluding carboxylic acids is 1. The molecule has 2 aromatic rings. The lowest BCUT2D eigenvalue weighted by molar-refractivity contribution is -0.384. The summed E-state index contributed by atoms with van der Waals surface area (Å²) in [5.74, 6) is -0.296. The van der Waals surface area contributed by atoms with Crippen LogP contribution in [0.15, 0.2) is 30.5 Å². The van der Waals surface area contributed by atoms with E-state index >= 15 is 0 Å². The molecule has 0 saturated heterocycles. The molecule has 0 atom stereocenters. The molecule has 9 nitrogen and oxygen atoms in total. The number of nitro benzene ring substituents is 1. The highest BCUT2D eigenvalue weighted by atomic mass is 16.6. The number of hydrogen-bond acceptors (Lipinski definition) is 6. The molecule has 2 rings (SSSR count). The van der Waals surface area contributed by atoms with Crippen LogP contribution >= 0.6 is 0 Å². The number of nitrogens with one attached hydrogen (secondary N) is 1. The van der Waals surface area contributed by atoms with Gasteiger partial charge in [-0.3, -0.25) is 14.9 Å². The van der Waals surface area contributed by atoms with Crippen LogP contribution in [0.5, 0.6) is 0 Å². The minimum atomic E-state index is -0.483. The first-order chi connectivity index (χ1) is 9.60. The average molecular weight is 276 g/mol. The average Bonchev–Trinajstić information content (AvgIpc) is 2.93. The van der Waals surface area contributed by atoms with Gasteiger partial charge >= 0.3 is 0 Å². The fourth-order valence-electron chi connectivity index (χ4n) is 1.52. The van der Waals surface area contributed by atoms with Crippen LogP contribution in [0.1, 0.15) is 5.69 Å². The maximum absolute atomic E-state index is 11.0. The number of rotatable bonds is 5. The molecule has 20 heavy (non-hydrogen) atoms.